The highest BCUT2D eigenvalue weighted by molar-refractivity contribution is 7.86. The fourth-order valence-corrected chi connectivity index (χ4v) is 4.62. The van der Waals surface area contributed by atoms with Gasteiger partial charge in [0.2, 0.25) is 0 Å². The lowest BCUT2D eigenvalue weighted by Crippen LogP contribution is -2.63. The van der Waals surface area contributed by atoms with Crippen molar-refractivity contribution in [2.45, 2.75) is 48.8 Å². The average molecular weight is 436 g/mol. The standard InChI is InChI=1S/C21H24O8S/c1-13-8-10-15(11-9-13)30(23,24)29-19-17(22)18-16(27-21(19)25-2)12-26-20(28-18)14-6-4-3-5-7-14/h3-11,16-22H,12H2,1-2H3/t16-,17+,18+,19-,20?,21+/m1/s1. The van der Waals surface area contributed by atoms with Crippen molar-refractivity contribution in [2.75, 3.05) is 13.7 Å². The molecule has 2 heterocycles. The first kappa shape index (κ1) is 21.4. The third kappa shape index (κ3) is 4.28. The fourth-order valence-electron chi connectivity index (χ4n) is 3.55. The normalized spacial score (nSPS) is 31.8. The number of benzene rings is 2. The van der Waals surface area contributed by atoms with Crippen LogP contribution < -0.4 is 0 Å². The Morgan fingerprint density at radius 3 is 2.40 bits per heavy atom. The van der Waals surface area contributed by atoms with Crippen molar-refractivity contribution >= 4 is 10.1 Å². The van der Waals surface area contributed by atoms with E-state index in [4.69, 9.17) is 23.1 Å². The predicted octanol–water partition coefficient (Wildman–Crippen LogP) is 1.92. The first-order valence-corrected chi connectivity index (χ1v) is 11.0. The van der Waals surface area contributed by atoms with Crippen LogP contribution in [0.25, 0.3) is 0 Å². The maximum absolute atomic E-state index is 12.8. The number of methoxy groups -OCH3 is 1. The molecule has 1 N–H and O–H groups in total. The summed E-state index contributed by atoms with van der Waals surface area (Å²) in [4.78, 5) is -0.0210. The Labute approximate surface area is 175 Å². The maximum atomic E-state index is 12.8. The quantitative estimate of drug-likeness (QED) is 0.710. The molecule has 4 rings (SSSR count). The molecule has 0 aromatic heterocycles. The van der Waals surface area contributed by atoms with E-state index in [0.717, 1.165) is 11.1 Å². The van der Waals surface area contributed by atoms with E-state index in [9.17, 15) is 13.5 Å². The molecule has 6 atom stereocenters. The summed E-state index contributed by atoms with van der Waals surface area (Å²) in [6, 6.07) is 15.5. The molecule has 0 spiro atoms. The fraction of sp³-hybridized carbons (Fsp3) is 0.429. The minimum atomic E-state index is -4.16. The van der Waals surface area contributed by atoms with Gasteiger partial charge in [-0.3, -0.25) is 4.18 Å². The highest BCUT2D eigenvalue weighted by Gasteiger charge is 2.51. The molecule has 0 aliphatic carbocycles. The van der Waals surface area contributed by atoms with Gasteiger partial charge in [0, 0.05) is 12.7 Å². The summed E-state index contributed by atoms with van der Waals surface area (Å²) in [7, 11) is -2.81. The van der Waals surface area contributed by atoms with Gasteiger partial charge in [0.1, 0.15) is 18.3 Å². The Bertz CT molecular complexity index is 947. The van der Waals surface area contributed by atoms with Crippen molar-refractivity contribution in [3.63, 3.8) is 0 Å². The van der Waals surface area contributed by atoms with Crippen molar-refractivity contribution < 1.29 is 36.7 Å². The molecule has 0 amide bonds. The number of hydrogen-bond acceptors (Lipinski definition) is 8. The third-order valence-electron chi connectivity index (χ3n) is 5.16. The van der Waals surface area contributed by atoms with Crippen LogP contribution in [0, 0.1) is 6.92 Å². The molecule has 0 bridgehead atoms. The molecule has 2 saturated heterocycles. The Balaban J connectivity index is 1.55. The van der Waals surface area contributed by atoms with Crippen molar-refractivity contribution in [3.05, 3.63) is 65.7 Å². The summed E-state index contributed by atoms with van der Waals surface area (Å²) in [5.41, 5.74) is 1.69. The van der Waals surface area contributed by atoms with Gasteiger partial charge < -0.3 is 24.1 Å². The summed E-state index contributed by atoms with van der Waals surface area (Å²) < 4.78 is 53.5. The molecule has 0 radical (unpaired) electrons. The van der Waals surface area contributed by atoms with Crippen LogP contribution in [0.1, 0.15) is 17.4 Å². The smallest absolute Gasteiger partial charge is 0.297 e. The maximum Gasteiger partial charge on any atom is 0.297 e. The SMILES string of the molecule is CO[C@H]1O[C@@H]2COC(c3ccccc3)O[C@@H]2[C@H](O)[C@H]1OS(=O)(=O)c1ccc(C)cc1. The van der Waals surface area contributed by atoms with Gasteiger partial charge in [-0.25, -0.2) is 0 Å². The lowest BCUT2D eigenvalue weighted by Gasteiger charge is -2.46. The predicted molar refractivity (Wildman–Crippen MR) is 105 cm³/mol. The molecule has 2 aromatic rings. The third-order valence-corrected chi connectivity index (χ3v) is 6.49. The summed E-state index contributed by atoms with van der Waals surface area (Å²) in [5.74, 6) is 0. The highest BCUT2D eigenvalue weighted by atomic mass is 32.2. The first-order valence-electron chi connectivity index (χ1n) is 9.57. The number of ether oxygens (including phenoxy) is 4. The van der Waals surface area contributed by atoms with Gasteiger partial charge in [0.25, 0.3) is 10.1 Å². The van der Waals surface area contributed by atoms with Crippen LogP contribution in [-0.2, 0) is 33.2 Å². The molecule has 162 valence electrons. The minimum Gasteiger partial charge on any atom is -0.387 e. The molecule has 2 fully saturated rings. The van der Waals surface area contributed by atoms with Crippen molar-refractivity contribution in [1.82, 2.24) is 0 Å². The van der Waals surface area contributed by atoms with E-state index < -0.39 is 47.1 Å². The van der Waals surface area contributed by atoms with Gasteiger partial charge in [0.05, 0.1) is 11.5 Å². The zero-order chi connectivity index (χ0) is 21.3. The molecular weight excluding hydrogens is 412 g/mol. The summed E-state index contributed by atoms with van der Waals surface area (Å²) in [6.45, 7) is 2.00. The number of aliphatic hydroxyl groups is 1. The lowest BCUT2D eigenvalue weighted by atomic mass is 9.98. The molecule has 2 aromatic carbocycles. The second-order valence-electron chi connectivity index (χ2n) is 7.27. The first-order chi connectivity index (χ1) is 14.4. The summed E-state index contributed by atoms with van der Waals surface area (Å²) >= 11 is 0. The molecule has 9 heteroatoms. The van der Waals surface area contributed by atoms with E-state index in [0.29, 0.717) is 0 Å². The Morgan fingerprint density at radius 2 is 1.73 bits per heavy atom. The lowest BCUT2D eigenvalue weighted by molar-refractivity contribution is -0.354. The van der Waals surface area contributed by atoms with Crippen LogP contribution >= 0.6 is 0 Å². The Morgan fingerprint density at radius 1 is 1.03 bits per heavy atom. The minimum absolute atomic E-state index is 0.0210. The Hall–Kier alpha value is -1.85. The monoisotopic (exact) mass is 436 g/mol. The number of hydrogen-bond donors (Lipinski definition) is 1. The number of fused-ring (bicyclic) bond motifs is 1. The van der Waals surface area contributed by atoms with E-state index in [1.807, 2.05) is 37.3 Å². The molecule has 30 heavy (non-hydrogen) atoms. The molecule has 2 aliphatic heterocycles. The molecule has 1 unspecified atom stereocenters. The van der Waals surface area contributed by atoms with Crippen LogP contribution in [-0.4, -0.2) is 57.9 Å². The van der Waals surface area contributed by atoms with Gasteiger partial charge in [0.15, 0.2) is 18.7 Å². The summed E-state index contributed by atoms with van der Waals surface area (Å²) in [5, 5.41) is 11.0. The van der Waals surface area contributed by atoms with Gasteiger partial charge >= 0.3 is 0 Å². The van der Waals surface area contributed by atoms with Crippen LogP contribution in [0.5, 0.6) is 0 Å². The van der Waals surface area contributed by atoms with E-state index in [1.54, 1.807) is 12.1 Å². The van der Waals surface area contributed by atoms with Crippen LogP contribution in [0.15, 0.2) is 59.5 Å². The van der Waals surface area contributed by atoms with Crippen molar-refractivity contribution in [2.24, 2.45) is 0 Å². The zero-order valence-corrected chi connectivity index (χ0v) is 17.4. The molecular formula is C21H24O8S. The largest absolute Gasteiger partial charge is 0.387 e. The number of aryl methyl sites for hydroxylation is 1. The van der Waals surface area contributed by atoms with E-state index in [2.05, 4.69) is 0 Å². The highest BCUT2D eigenvalue weighted by Crippen LogP contribution is 2.36. The van der Waals surface area contributed by atoms with Gasteiger partial charge in [-0.1, -0.05) is 48.0 Å². The topological polar surface area (TPSA) is 101 Å². The van der Waals surface area contributed by atoms with E-state index in [-0.39, 0.29) is 11.5 Å². The Kier molecular flexibility index (Phi) is 6.21. The van der Waals surface area contributed by atoms with Gasteiger partial charge in [-0.15, -0.1) is 0 Å². The molecule has 0 saturated carbocycles. The van der Waals surface area contributed by atoms with Gasteiger partial charge in [-0.05, 0) is 19.1 Å². The zero-order valence-electron chi connectivity index (χ0n) is 16.6. The van der Waals surface area contributed by atoms with E-state index >= 15 is 0 Å². The second-order valence-corrected chi connectivity index (χ2v) is 8.85. The molecule has 2 aliphatic rings. The van der Waals surface area contributed by atoms with E-state index in [1.165, 1.54) is 19.2 Å². The average Bonchev–Trinajstić information content (AvgIpc) is 2.76. The van der Waals surface area contributed by atoms with Crippen molar-refractivity contribution in [1.29, 1.82) is 0 Å². The summed E-state index contributed by atoms with van der Waals surface area (Å²) in [6.07, 6.45) is -5.93. The van der Waals surface area contributed by atoms with Crippen LogP contribution in [0.3, 0.4) is 0 Å². The second kappa shape index (κ2) is 8.72. The molecule has 8 nitrogen and oxygen atoms in total. The van der Waals surface area contributed by atoms with Gasteiger partial charge in [-0.2, -0.15) is 8.42 Å². The van der Waals surface area contributed by atoms with Crippen LogP contribution in [0.2, 0.25) is 0 Å². The number of rotatable bonds is 5. The number of aliphatic hydroxyl groups excluding tert-OH is 1. The van der Waals surface area contributed by atoms with Crippen molar-refractivity contribution in [3.8, 4) is 0 Å². The van der Waals surface area contributed by atoms with Crippen LogP contribution in [0.4, 0.5) is 0 Å².